The highest BCUT2D eigenvalue weighted by atomic mass is 127. The van der Waals surface area contributed by atoms with E-state index in [0.29, 0.717) is 6.42 Å². The molecule has 3 heteroatoms. The Morgan fingerprint density at radius 3 is 2.40 bits per heavy atom. The van der Waals surface area contributed by atoms with Crippen LogP contribution in [0.25, 0.3) is 22.4 Å². The normalized spacial score (nSPS) is 15.7. The third kappa shape index (κ3) is 2.62. The zero-order valence-electron chi connectivity index (χ0n) is 14.3. The van der Waals surface area contributed by atoms with Gasteiger partial charge in [0.1, 0.15) is 0 Å². The summed E-state index contributed by atoms with van der Waals surface area (Å²) in [5.41, 5.74) is 2.31. The van der Waals surface area contributed by atoms with Crippen molar-refractivity contribution < 1.29 is 9.47 Å². The number of ether oxygens (including phenoxy) is 2. The first-order valence-corrected chi connectivity index (χ1v) is 9.36. The molecule has 0 unspecified atom stereocenters. The molecule has 0 saturated heterocycles. The van der Waals surface area contributed by atoms with Crippen molar-refractivity contribution in [3.05, 3.63) is 80.2 Å². The molecule has 0 aliphatic heterocycles. The second-order valence-electron chi connectivity index (χ2n) is 6.18. The van der Waals surface area contributed by atoms with Crippen molar-refractivity contribution >= 4 is 45.0 Å². The fourth-order valence-electron chi connectivity index (χ4n) is 3.73. The van der Waals surface area contributed by atoms with Crippen LogP contribution in [0.15, 0.2) is 60.7 Å². The Kier molecular flexibility index (Phi) is 4.40. The molecular formula is C22H19IO2. The number of fused-ring (bicyclic) bond motifs is 2. The zero-order chi connectivity index (χ0) is 17.4. The first-order valence-electron chi connectivity index (χ1n) is 8.28. The number of benzene rings is 3. The third-order valence-electron chi connectivity index (χ3n) is 4.99. The van der Waals surface area contributed by atoms with Gasteiger partial charge >= 0.3 is 0 Å². The minimum Gasteiger partial charge on any atom is -0.349 e. The standard InChI is InChI=1S/C22H19IO2/c1-24-22(25-2)14-13-16-8-4-6-10-18(16)21(22)20-17-9-5-3-7-15(17)11-12-19(20)23/h3-13H,14H2,1-2H3. The van der Waals surface area contributed by atoms with Crippen LogP contribution in [0.1, 0.15) is 12.0 Å². The van der Waals surface area contributed by atoms with Crippen molar-refractivity contribution in [1.29, 1.82) is 0 Å². The molecule has 0 fully saturated rings. The molecule has 0 N–H and O–H groups in total. The molecule has 2 nitrogen and oxygen atoms in total. The molecule has 0 atom stereocenters. The van der Waals surface area contributed by atoms with Crippen molar-refractivity contribution in [2.75, 3.05) is 14.2 Å². The maximum absolute atomic E-state index is 5.96. The third-order valence-corrected chi connectivity index (χ3v) is 5.89. The molecule has 25 heavy (non-hydrogen) atoms. The summed E-state index contributed by atoms with van der Waals surface area (Å²) in [5, 5.41) is 4.84. The Bertz CT molecular complexity index is 1060. The van der Waals surface area contributed by atoms with Crippen LogP contribution in [-0.4, -0.2) is 20.0 Å². The maximum atomic E-state index is 5.96. The van der Waals surface area contributed by atoms with Gasteiger partial charge in [-0.2, -0.15) is 0 Å². The number of methoxy groups -OCH3 is 2. The van der Waals surface area contributed by atoms with Gasteiger partial charge in [0.05, 0.1) is 0 Å². The van der Waals surface area contributed by atoms with Crippen LogP contribution in [0.3, 0.4) is 0 Å². The van der Waals surface area contributed by atoms with Crippen molar-refractivity contribution in [3.63, 3.8) is 0 Å². The number of rotatable bonds is 3. The lowest BCUT2D eigenvalue weighted by atomic mass is 9.85. The Morgan fingerprint density at radius 1 is 0.880 bits per heavy atom. The number of hydrogen-bond donors (Lipinski definition) is 0. The molecule has 1 aliphatic rings. The summed E-state index contributed by atoms with van der Waals surface area (Å²) in [6.07, 6.45) is 2.88. The van der Waals surface area contributed by atoms with Crippen molar-refractivity contribution in [1.82, 2.24) is 0 Å². The van der Waals surface area contributed by atoms with Crippen LogP contribution >= 0.6 is 22.6 Å². The van der Waals surface area contributed by atoms with Crippen LogP contribution in [0, 0.1) is 3.57 Å². The molecule has 3 aromatic carbocycles. The van der Waals surface area contributed by atoms with Crippen molar-refractivity contribution in [2.45, 2.75) is 12.2 Å². The van der Waals surface area contributed by atoms with E-state index in [1.54, 1.807) is 14.2 Å². The SMILES string of the molecule is COC1(OC)CC=c2ccccc2=C1c1c(I)ccc2ccccc12. The van der Waals surface area contributed by atoms with E-state index in [2.05, 4.69) is 89.3 Å². The topological polar surface area (TPSA) is 18.5 Å². The summed E-state index contributed by atoms with van der Waals surface area (Å²) in [4.78, 5) is 0. The fourth-order valence-corrected chi connectivity index (χ4v) is 4.47. The van der Waals surface area contributed by atoms with Crippen LogP contribution in [0.5, 0.6) is 0 Å². The van der Waals surface area contributed by atoms with Gasteiger partial charge in [-0.25, -0.2) is 0 Å². The summed E-state index contributed by atoms with van der Waals surface area (Å²) in [5.74, 6) is -0.779. The van der Waals surface area contributed by atoms with Crippen LogP contribution < -0.4 is 10.4 Å². The lowest BCUT2D eigenvalue weighted by Gasteiger charge is -2.35. The Morgan fingerprint density at radius 2 is 1.60 bits per heavy atom. The molecule has 4 rings (SSSR count). The minimum absolute atomic E-state index is 0.686. The lowest BCUT2D eigenvalue weighted by molar-refractivity contribution is -0.157. The van der Waals surface area contributed by atoms with E-state index in [-0.39, 0.29) is 0 Å². The van der Waals surface area contributed by atoms with E-state index in [0.717, 1.165) is 5.57 Å². The minimum atomic E-state index is -0.779. The second kappa shape index (κ2) is 6.56. The van der Waals surface area contributed by atoms with Crippen molar-refractivity contribution in [2.24, 2.45) is 0 Å². The van der Waals surface area contributed by atoms with E-state index >= 15 is 0 Å². The molecular weight excluding hydrogens is 423 g/mol. The summed E-state index contributed by atoms with van der Waals surface area (Å²) in [6.45, 7) is 0. The lowest BCUT2D eigenvalue weighted by Crippen LogP contribution is -2.46. The quantitative estimate of drug-likeness (QED) is 0.454. The summed E-state index contributed by atoms with van der Waals surface area (Å²) in [6, 6.07) is 21.3. The van der Waals surface area contributed by atoms with Crippen LogP contribution in [-0.2, 0) is 9.47 Å². The number of hydrogen-bond acceptors (Lipinski definition) is 2. The highest BCUT2D eigenvalue weighted by molar-refractivity contribution is 14.1. The van der Waals surface area contributed by atoms with E-state index in [4.69, 9.17) is 9.47 Å². The number of halogens is 1. The predicted molar refractivity (Wildman–Crippen MR) is 111 cm³/mol. The molecule has 0 spiro atoms. The monoisotopic (exact) mass is 442 g/mol. The Labute approximate surface area is 160 Å². The first kappa shape index (κ1) is 16.8. The molecule has 0 bridgehead atoms. The van der Waals surface area contributed by atoms with Gasteiger partial charge in [-0.15, -0.1) is 0 Å². The second-order valence-corrected chi connectivity index (χ2v) is 7.34. The molecule has 126 valence electrons. The van der Waals surface area contributed by atoms with Gasteiger partial charge in [-0.3, -0.25) is 0 Å². The van der Waals surface area contributed by atoms with Crippen molar-refractivity contribution in [3.8, 4) is 0 Å². The Hall–Kier alpha value is -1.69. The summed E-state index contributed by atoms with van der Waals surface area (Å²) >= 11 is 2.42. The van der Waals surface area contributed by atoms with E-state index in [1.807, 2.05) is 0 Å². The average Bonchev–Trinajstić information content (AvgIpc) is 2.67. The Balaban J connectivity index is 2.22. The summed E-state index contributed by atoms with van der Waals surface area (Å²) in [7, 11) is 3.45. The van der Waals surface area contributed by atoms with Gasteiger partial charge in [-0.1, -0.05) is 60.7 Å². The molecule has 1 aliphatic carbocycles. The fraction of sp³-hybridized carbons (Fsp3) is 0.182. The molecule has 0 saturated carbocycles. The van der Waals surface area contributed by atoms with Gasteiger partial charge in [0, 0.05) is 35.3 Å². The average molecular weight is 442 g/mol. The first-order chi connectivity index (χ1) is 12.2. The van der Waals surface area contributed by atoms with Gasteiger partial charge in [0.2, 0.25) is 0 Å². The molecule has 3 aromatic rings. The van der Waals surface area contributed by atoms with Crippen LogP contribution in [0.2, 0.25) is 0 Å². The smallest absolute Gasteiger partial charge is 0.199 e. The maximum Gasteiger partial charge on any atom is 0.199 e. The molecule has 0 aromatic heterocycles. The van der Waals surface area contributed by atoms with E-state index < -0.39 is 5.79 Å². The summed E-state index contributed by atoms with van der Waals surface area (Å²) < 4.78 is 13.1. The van der Waals surface area contributed by atoms with Gasteiger partial charge in [0.15, 0.2) is 5.79 Å². The molecule has 0 heterocycles. The highest BCUT2D eigenvalue weighted by Gasteiger charge is 2.38. The van der Waals surface area contributed by atoms with Gasteiger partial charge in [0.25, 0.3) is 0 Å². The van der Waals surface area contributed by atoms with Crippen LogP contribution in [0.4, 0.5) is 0 Å². The zero-order valence-corrected chi connectivity index (χ0v) is 16.4. The highest BCUT2D eigenvalue weighted by Crippen LogP contribution is 2.39. The predicted octanol–water partition coefficient (Wildman–Crippen LogP) is 3.82. The van der Waals surface area contributed by atoms with E-state index in [1.165, 1.54) is 30.3 Å². The van der Waals surface area contributed by atoms with Gasteiger partial charge < -0.3 is 9.47 Å². The van der Waals surface area contributed by atoms with E-state index in [9.17, 15) is 0 Å². The molecule has 0 amide bonds. The largest absolute Gasteiger partial charge is 0.349 e. The van der Waals surface area contributed by atoms with Gasteiger partial charge in [-0.05, 0) is 49.9 Å². The molecule has 0 radical (unpaired) electrons.